The fraction of sp³-hybridized carbons (Fsp3) is 0.211. The third-order valence-corrected chi connectivity index (χ3v) is 7.11. The van der Waals surface area contributed by atoms with Gasteiger partial charge in [-0.15, -0.1) is 10.2 Å². The number of nitrogens with one attached hydrogen (secondary N) is 2. The molecule has 0 unspecified atom stereocenters. The number of carbonyl (C=O) groups excluding carboxylic acids is 2. The maximum Gasteiger partial charge on any atom is 0.416 e. The zero-order valence-electron chi connectivity index (χ0n) is 26.3. The van der Waals surface area contributed by atoms with Gasteiger partial charge in [-0.25, -0.2) is 0 Å². The molecular formula is C38H34F6N6O3. The van der Waals surface area contributed by atoms with Gasteiger partial charge in [0.2, 0.25) is 11.8 Å². The Hall–Kier alpha value is -6.48. The summed E-state index contributed by atoms with van der Waals surface area (Å²) in [5, 5.41) is 24.8. The molecule has 53 heavy (non-hydrogen) atoms. The van der Waals surface area contributed by atoms with Crippen molar-refractivity contribution in [3.63, 3.8) is 0 Å². The molecule has 0 atom stereocenters. The average molecular weight is 737 g/mol. The van der Waals surface area contributed by atoms with E-state index in [1.807, 2.05) is 18.2 Å². The van der Waals surface area contributed by atoms with Gasteiger partial charge in [-0.3, -0.25) is 20.4 Å². The highest BCUT2D eigenvalue weighted by Crippen LogP contribution is 2.31. The predicted octanol–water partition coefficient (Wildman–Crippen LogP) is 8.66. The van der Waals surface area contributed by atoms with Crippen molar-refractivity contribution in [2.24, 2.45) is 0 Å². The maximum absolute atomic E-state index is 12.6. The van der Waals surface area contributed by atoms with Gasteiger partial charge in [0, 0.05) is 11.1 Å². The quantitative estimate of drug-likeness (QED) is 0.120. The van der Waals surface area contributed by atoms with Gasteiger partial charge in [-0.2, -0.15) is 36.9 Å². The number of hydrogen-bond donors (Lipinski definition) is 2. The van der Waals surface area contributed by atoms with Crippen LogP contribution in [0.15, 0.2) is 101 Å². The average Bonchev–Trinajstić information content (AvgIpc) is 3.56. The molecule has 0 aliphatic rings. The number of alkyl halides is 6. The molecule has 0 aliphatic heterocycles. The van der Waals surface area contributed by atoms with Crippen LogP contribution in [0.2, 0.25) is 0 Å². The van der Waals surface area contributed by atoms with Gasteiger partial charge in [0.25, 0.3) is 11.8 Å². The predicted molar refractivity (Wildman–Crippen MR) is 183 cm³/mol. The van der Waals surface area contributed by atoms with Crippen LogP contribution in [0, 0.1) is 22.7 Å². The molecule has 2 N–H and O–H groups in total. The first-order chi connectivity index (χ1) is 24.3. The summed E-state index contributed by atoms with van der Waals surface area (Å²) in [7, 11) is 0. The summed E-state index contributed by atoms with van der Waals surface area (Å²) in [6.45, 7) is 0. The number of rotatable bonds is 8. The van der Waals surface area contributed by atoms with Gasteiger partial charge >= 0.3 is 12.4 Å². The second-order valence-corrected chi connectivity index (χ2v) is 10.7. The second kappa shape index (κ2) is 19.2. The molecule has 0 saturated heterocycles. The first-order valence-electron chi connectivity index (χ1n) is 14.9. The number of nitrogens with zero attached hydrogens (tertiary/aromatic N) is 4. The number of hydrogen-bond acceptors (Lipinski definition) is 7. The number of benzene rings is 4. The Labute approximate surface area is 301 Å². The maximum atomic E-state index is 12.6. The zero-order chi connectivity index (χ0) is 37.0. The molecule has 2 amide bonds. The van der Waals surface area contributed by atoms with Crippen LogP contribution in [-0.2, 0) is 36.4 Å². The fourth-order valence-corrected chi connectivity index (χ4v) is 4.65. The van der Waals surface area contributed by atoms with Crippen LogP contribution in [0.25, 0.3) is 11.5 Å². The monoisotopic (exact) mass is 736 g/mol. The van der Waals surface area contributed by atoms with E-state index in [1.165, 1.54) is 30.3 Å². The highest BCUT2D eigenvalue weighted by atomic mass is 19.4. The van der Waals surface area contributed by atoms with E-state index in [9.17, 15) is 35.9 Å². The van der Waals surface area contributed by atoms with E-state index in [2.05, 4.69) is 21.0 Å². The van der Waals surface area contributed by atoms with Crippen LogP contribution >= 0.6 is 0 Å². The van der Waals surface area contributed by atoms with Crippen molar-refractivity contribution >= 4 is 11.8 Å². The van der Waals surface area contributed by atoms with Gasteiger partial charge in [0.15, 0.2) is 0 Å². The molecule has 1 heterocycles. The lowest BCUT2D eigenvalue weighted by Gasteiger charge is -2.11. The number of aromatic nitrogens is 2. The lowest BCUT2D eigenvalue weighted by molar-refractivity contribution is -0.138. The van der Waals surface area contributed by atoms with E-state index in [1.54, 1.807) is 36.4 Å². The van der Waals surface area contributed by atoms with Crippen molar-refractivity contribution in [1.29, 1.82) is 10.5 Å². The SMILES string of the molecule is C.C.N#CCC(=O)NNC(=O)c1ccccc1Cc1ccc(C(F)(F)F)cc1.N#CCc1nnc(-c2ccccc2Cc2ccc(C(F)(F)F)cc2)o1. The van der Waals surface area contributed by atoms with Crippen LogP contribution in [0.1, 0.15) is 70.9 Å². The van der Waals surface area contributed by atoms with Crippen molar-refractivity contribution < 1.29 is 40.3 Å². The molecule has 1 aromatic heterocycles. The Kier molecular flexibility index (Phi) is 15.5. The largest absolute Gasteiger partial charge is 0.420 e. The Bertz CT molecular complexity index is 2050. The third-order valence-electron chi connectivity index (χ3n) is 7.11. The summed E-state index contributed by atoms with van der Waals surface area (Å²) in [5.41, 5.74) is 6.61. The number of hydrazine groups is 1. The molecular weight excluding hydrogens is 702 g/mol. The van der Waals surface area contributed by atoms with Gasteiger partial charge in [0.05, 0.1) is 23.3 Å². The fourth-order valence-electron chi connectivity index (χ4n) is 4.65. The van der Waals surface area contributed by atoms with Crippen LogP contribution in [-0.4, -0.2) is 22.0 Å². The molecule has 276 valence electrons. The Morgan fingerprint density at radius 2 is 1.17 bits per heavy atom. The van der Waals surface area contributed by atoms with E-state index in [0.717, 1.165) is 35.4 Å². The van der Waals surface area contributed by atoms with Gasteiger partial charge in [0.1, 0.15) is 12.8 Å². The molecule has 0 fully saturated rings. The number of halogens is 6. The summed E-state index contributed by atoms with van der Waals surface area (Å²) in [4.78, 5) is 23.4. The minimum atomic E-state index is -4.40. The first kappa shape index (κ1) is 42.7. The van der Waals surface area contributed by atoms with Crippen molar-refractivity contribution in [2.75, 3.05) is 0 Å². The second-order valence-electron chi connectivity index (χ2n) is 10.7. The van der Waals surface area contributed by atoms with Gasteiger partial charge in [-0.05, 0) is 71.5 Å². The highest BCUT2D eigenvalue weighted by Gasteiger charge is 2.30. The van der Waals surface area contributed by atoms with Crippen molar-refractivity contribution in [3.8, 4) is 23.6 Å². The summed E-state index contributed by atoms with van der Waals surface area (Å²) >= 11 is 0. The highest BCUT2D eigenvalue weighted by molar-refractivity contribution is 5.96. The van der Waals surface area contributed by atoms with Crippen molar-refractivity contribution in [1.82, 2.24) is 21.0 Å². The minimum Gasteiger partial charge on any atom is -0.420 e. The minimum absolute atomic E-state index is 0. The lowest BCUT2D eigenvalue weighted by Crippen LogP contribution is -2.41. The molecule has 4 aromatic carbocycles. The van der Waals surface area contributed by atoms with Gasteiger partial charge in [-0.1, -0.05) is 75.5 Å². The van der Waals surface area contributed by atoms with Gasteiger partial charge < -0.3 is 4.42 Å². The molecule has 0 spiro atoms. The number of amides is 2. The molecule has 5 aromatic rings. The Balaban J connectivity index is 0.000000354. The molecule has 0 aliphatic carbocycles. The molecule has 0 bridgehead atoms. The van der Waals surface area contributed by atoms with E-state index in [4.69, 9.17) is 14.9 Å². The normalized spacial score (nSPS) is 10.6. The van der Waals surface area contributed by atoms with Crippen LogP contribution in [0.3, 0.4) is 0 Å². The van der Waals surface area contributed by atoms with E-state index < -0.39 is 41.7 Å². The van der Waals surface area contributed by atoms with Crippen molar-refractivity contribution in [2.45, 2.75) is 52.9 Å². The molecule has 0 saturated carbocycles. The van der Waals surface area contributed by atoms with Crippen LogP contribution in [0.5, 0.6) is 0 Å². The van der Waals surface area contributed by atoms with E-state index in [-0.39, 0.29) is 45.0 Å². The molecule has 9 nitrogen and oxygen atoms in total. The van der Waals surface area contributed by atoms with E-state index >= 15 is 0 Å². The summed E-state index contributed by atoms with van der Waals surface area (Å²) < 4.78 is 81.2. The summed E-state index contributed by atoms with van der Waals surface area (Å²) in [5.74, 6) is -0.727. The number of nitriles is 2. The van der Waals surface area contributed by atoms with Crippen molar-refractivity contribution in [3.05, 3.63) is 142 Å². The lowest BCUT2D eigenvalue weighted by atomic mass is 9.98. The smallest absolute Gasteiger partial charge is 0.416 e. The zero-order valence-corrected chi connectivity index (χ0v) is 26.3. The first-order valence-corrected chi connectivity index (χ1v) is 14.9. The Morgan fingerprint density at radius 3 is 1.70 bits per heavy atom. The topological polar surface area (TPSA) is 145 Å². The Morgan fingerprint density at radius 1 is 0.660 bits per heavy atom. The van der Waals surface area contributed by atoms with E-state index in [0.29, 0.717) is 23.1 Å². The molecule has 5 rings (SSSR count). The summed E-state index contributed by atoms with van der Waals surface area (Å²) in [6.07, 6.45) is -8.46. The van der Waals surface area contributed by atoms with Crippen LogP contribution < -0.4 is 10.9 Å². The number of carbonyl (C=O) groups is 2. The molecule has 15 heteroatoms. The third kappa shape index (κ3) is 12.4. The summed E-state index contributed by atoms with van der Waals surface area (Å²) in [6, 6.07) is 27.1. The van der Waals surface area contributed by atoms with Crippen LogP contribution in [0.4, 0.5) is 26.3 Å². The standard InChI is InChI=1S/C18H14F3N3O2.C18H12F3N3O.2CH4/c19-18(20,21)14-7-5-12(6-8-14)11-13-3-1-2-4-15(13)17(26)24-23-16(25)9-10-22;19-18(20,21)14-7-5-12(6-8-14)11-13-3-1-2-4-15(13)17-24-23-16(25-17)9-10-22;;/h1-8H,9,11H2,(H,23,25)(H,24,26);1-8H,9,11H2;2*1H4. The molecule has 0 radical (unpaired) electrons.